The molecule has 21 heavy (non-hydrogen) atoms. The minimum absolute atomic E-state index is 0.119. The van der Waals surface area contributed by atoms with Crippen molar-refractivity contribution in [2.75, 3.05) is 26.7 Å². The molecule has 1 aliphatic heterocycles. The van der Waals surface area contributed by atoms with Gasteiger partial charge in [0.15, 0.2) is 0 Å². The first-order valence-electron chi connectivity index (χ1n) is 8.69. The molecule has 4 heteroatoms. The van der Waals surface area contributed by atoms with Crippen molar-refractivity contribution in [1.29, 1.82) is 0 Å². The van der Waals surface area contributed by atoms with Crippen LogP contribution in [-0.4, -0.2) is 43.5 Å². The molecule has 4 nitrogen and oxygen atoms in total. The maximum absolute atomic E-state index is 12.4. The third-order valence-corrected chi connectivity index (χ3v) is 5.71. The molecule has 0 spiro atoms. The average molecular weight is 295 g/mol. The first kappa shape index (κ1) is 16.8. The monoisotopic (exact) mass is 295 g/mol. The molecule has 2 fully saturated rings. The molecule has 4 atom stereocenters. The number of hydrogen-bond donors (Lipinski definition) is 2. The van der Waals surface area contributed by atoms with E-state index in [1.807, 2.05) is 0 Å². The first-order chi connectivity index (χ1) is 9.97. The molecule has 0 aromatic rings. The lowest BCUT2D eigenvalue weighted by molar-refractivity contribution is -0.128. The smallest absolute Gasteiger partial charge is 0.223 e. The van der Waals surface area contributed by atoms with E-state index in [-0.39, 0.29) is 17.9 Å². The second kappa shape index (κ2) is 7.59. The Morgan fingerprint density at radius 2 is 1.86 bits per heavy atom. The summed E-state index contributed by atoms with van der Waals surface area (Å²) in [5.74, 6) is 2.14. The Labute approximate surface area is 129 Å². The fraction of sp³-hybridized carbons (Fsp3) is 0.941. The van der Waals surface area contributed by atoms with E-state index in [4.69, 9.17) is 5.73 Å². The average Bonchev–Trinajstić information content (AvgIpc) is 2.45. The lowest BCUT2D eigenvalue weighted by Gasteiger charge is -2.36. The van der Waals surface area contributed by atoms with Gasteiger partial charge in [-0.25, -0.2) is 0 Å². The van der Waals surface area contributed by atoms with Crippen LogP contribution < -0.4 is 11.1 Å². The number of piperidine rings is 1. The number of amides is 1. The molecule has 122 valence electrons. The summed E-state index contributed by atoms with van der Waals surface area (Å²) >= 11 is 0. The molecule has 1 aliphatic carbocycles. The molecule has 2 aliphatic rings. The molecule has 0 aromatic carbocycles. The number of nitrogens with two attached hydrogens (primary N) is 1. The van der Waals surface area contributed by atoms with Gasteiger partial charge in [0.2, 0.25) is 5.91 Å². The number of nitrogens with zero attached hydrogens (tertiary/aromatic N) is 1. The van der Waals surface area contributed by atoms with Gasteiger partial charge in [-0.3, -0.25) is 4.79 Å². The summed E-state index contributed by atoms with van der Waals surface area (Å²) < 4.78 is 0. The Morgan fingerprint density at radius 1 is 1.19 bits per heavy atom. The standard InChI is InChI=1S/C17H33N3O/c1-12-10-13(2)16(18)11-15(12)17(21)19-7-4-14-5-8-20(3)9-6-14/h12-16H,4-11,18H2,1-3H3,(H,19,21). The van der Waals surface area contributed by atoms with Crippen LogP contribution in [0.4, 0.5) is 0 Å². The molecule has 1 amide bonds. The SMILES string of the molecule is CC1CC(C)C(C(=O)NCCC2CCN(C)CC2)CC1N. The van der Waals surface area contributed by atoms with Crippen LogP contribution in [0, 0.1) is 23.7 Å². The van der Waals surface area contributed by atoms with Gasteiger partial charge in [-0.15, -0.1) is 0 Å². The van der Waals surface area contributed by atoms with Gasteiger partial charge in [-0.05, 0) is 70.0 Å². The molecule has 0 bridgehead atoms. The first-order valence-corrected chi connectivity index (χ1v) is 8.69. The van der Waals surface area contributed by atoms with E-state index in [9.17, 15) is 4.79 Å². The predicted molar refractivity (Wildman–Crippen MR) is 86.9 cm³/mol. The van der Waals surface area contributed by atoms with E-state index in [0.29, 0.717) is 11.8 Å². The zero-order valence-corrected chi connectivity index (χ0v) is 14.0. The number of rotatable bonds is 4. The van der Waals surface area contributed by atoms with Crippen LogP contribution in [0.1, 0.15) is 46.0 Å². The number of carbonyl (C=O) groups excluding carboxylic acids is 1. The predicted octanol–water partition coefficient (Wildman–Crippen LogP) is 1.84. The van der Waals surface area contributed by atoms with Crippen molar-refractivity contribution in [3.8, 4) is 0 Å². The van der Waals surface area contributed by atoms with Crippen LogP contribution in [0.5, 0.6) is 0 Å². The van der Waals surface area contributed by atoms with Gasteiger partial charge in [-0.2, -0.15) is 0 Å². The van der Waals surface area contributed by atoms with Crippen LogP contribution >= 0.6 is 0 Å². The molecular weight excluding hydrogens is 262 g/mol. The summed E-state index contributed by atoms with van der Waals surface area (Å²) in [4.78, 5) is 14.8. The van der Waals surface area contributed by atoms with E-state index >= 15 is 0 Å². The molecule has 4 unspecified atom stereocenters. The van der Waals surface area contributed by atoms with Gasteiger partial charge in [0.1, 0.15) is 0 Å². The van der Waals surface area contributed by atoms with Crippen LogP contribution in [-0.2, 0) is 4.79 Å². The second-order valence-electron chi connectivity index (χ2n) is 7.52. The zero-order chi connectivity index (χ0) is 15.4. The van der Waals surface area contributed by atoms with Gasteiger partial charge in [-0.1, -0.05) is 13.8 Å². The van der Waals surface area contributed by atoms with Crippen molar-refractivity contribution in [3.05, 3.63) is 0 Å². The quantitative estimate of drug-likeness (QED) is 0.832. The summed E-state index contributed by atoms with van der Waals surface area (Å²) in [5, 5.41) is 3.17. The van der Waals surface area contributed by atoms with Crippen molar-refractivity contribution >= 4 is 5.91 Å². The third kappa shape index (κ3) is 4.68. The molecule has 0 aromatic heterocycles. The number of nitrogens with one attached hydrogen (secondary N) is 1. The van der Waals surface area contributed by atoms with Gasteiger partial charge < -0.3 is 16.0 Å². The maximum Gasteiger partial charge on any atom is 0.223 e. The minimum atomic E-state index is 0.119. The van der Waals surface area contributed by atoms with Crippen LogP contribution in [0.15, 0.2) is 0 Å². The Bertz CT molecular complexity index is 339. The Morgan fingerprint density at radius 3 is 2.52 bits per heavy atom. The van der Waals surface area contributed by atoms with E-state index in [2.05, 4.69) is 31.1 Å². The highest BCUT2D eigenvalue weighted by molar-refractivity contribution is 5.79. The normalized spacial score (nSPS) is 35.6. The van der Waals surface area contributed by atoms with Crippen molar-refractivity contribution in [1.82, 2.24) is 10.2 Å². The largest absolute Gasteiger partial charge is 0.356 e. The van der Waals surface area contributed by atoms with Crippen molar-refractivity contribution in [2.45, 2.75) is 52.0 Å². The summed E-state index contributed by atoms with van der Waals surface area (Å²) in [6, 6.07) is 0.186. The Balaban J connectivity index is 1.69. The molecule has 1 heterocycles. The van der Waals surface area contributed by atoms with Crippen molar-refractivity contribution < 1.29 is 4.79 Å². The second-order valence-corrected chi connectivity index (χ2v) is 7.52. The molecule has 0 radical (unpaired) electrons. The van der Waals surface area contributed by atoms with Gasteiger partial charge in [0, 0.05) is 18.5 Å². The Kier molecular flexibility index (Phi) is 6.06. The Hall–Kier alpha value is -0.610. The van der Waals surface area contributed by atoms with Crippen molar-refractivity contribution in [2.24, 2.45) is 29.4 Å². The zero-order valence-electron chi connectivity index (χ0n) is 14.0. The van der Waals surface area contributed by atoms with Gasteiger partial charge >= 0.3 is 0 Å². The lowest BCUT2D eigenvalue weighted by atomic mass is 9.72. The van der Waals surface area contributed by atoms with Crippen LogP contribution in [0.2, 0.25) is 0 Å². The summed E-state index contributed by atoms with van der Waals surface area (Å²) in [5.41, 5.74) is 6.14. The summed E-state index contributed by atoms with van der Waals surface area (Å²) in [6.45, 7) is 7.64. The molecule has 2 rings (SSSR count). The summed E-state index contributed by atoms with van der Waals surface area (Å²) in [7, 11) is 2.19. The lowest BCUT2D eigenvalue weighted by Crippen LogP contribution is -2.45. The van der Waals surface area contributed by atoms with E-state index in [0.717, 1.165) is 31.7 Å². The van der Waals surface area contributed by atoms with E-state index < -0.39 is 0 Å². The number of carbonyl (C=O) groups is 1. The van der Waals surface area contributed by atoms with Crippen molar-refractivity contribution in [3.63, 3.8) is 0 Å². The fourth-order valence-corrected chi connectivity index (χ4v) is 3.93. The number of likely N-dealkylation sites (tertiary alicyclic amines) is 1. The maximum atomic E-state index is 12.4. The van der Waals surface area contributed by atoms with E-state index in [1.54, 1.807) is 0 Å². The molecular formula is C17H33N3O. The summed E-state index contributed by atoms with van der Waals surface area (Å²) in [6.07, 6.45) is 5.60. The van der Waals surface area contributed by atoms with Crippen LogP contribution in [0.3, 0.4) is 0 Å². The highest BCUT2D eigenvalue weighted by Gasteiger charge is 2.34. The fourth-order valence-electron chi connectivity index (χ4n) is 3.93. The molecule has 1 saturated carbocycles. The van der Waals surface area contributed by atoms with Gasteiger partial charge in [0.25, 0.3) is 0 Å². The minimum Gasteiger partial charge on any atom is -0.356 e. The van der Waals surface area contributed by atoms with Gasteiger partial charge in [0.05, 0.1) is 0 Å². The number of hydrogen-bond acceptors (Lipinski definition) is 3. The highest BCUT2D eigenvalue weighted by atomic mass is 16.1. The molecule has 3 N–H and O–H groups in total. The third-order valence-electron chi connectivity index (χ3n) is 5.71. The highest BCUT2D eigenvalue weighted by Crippen LogP contribution is 2.33. The topological polar surface area (TPSA) is 58.4 Å². The van der Waals surface area contributed by atoms with E-state index in [1.165, 1.54) is 25.9 Å². The molecule has 1 saturated heterocycles. The van der Waals surface area contributed by atoms with Crippen LogP contribution in [0.25, 0.3) is 0 Å².